The molecule has 0 spiro atoms. The van der Waals surface area contributed by atoms with Crippen molar-refractivity contribution in [2.24, 2.45) is 0 Å². The molecule has 1 aromatic rings. The molecule has 0 radical (unpaired) electrons. The van der Waals surface area contributed by atoms with Crippen LogP contribution >= 0.6 is 0 Å². The van der Waals surface area contributed by atoms with Crippen molar-refractivity contribution >= 4 is 11.6 Å². The van der Waals surface area contributed by atoms with Crippen LogP contribution in [-0.2, 0) is 17.6 Å². The van der Waals surface area contributed by atoms with E-state index in [1.807, 2.05) is 29.2 Å². The topological polar surface area (TPSA) is 56.1 Å². The Kier molecular flexibility index (Phi) is 5.60. The predicted molar refractivity (Wildman–Crippen MR) is 88.3 cm³/mol. The molecule has 2 rings (SSSR count). The molecule has 1 heterocycles. The zero-order valence-corrected chi connectivity index (χ0v) is 13.4. The summed E-state index contributed by atoms with van der Waals surface area (Å²) in [5.74, 6) is -0.315. The molecule has 1 aromatic carbocycles. The van der Waals surface area contributed by atoms with Gasteiger partial charge in [0.15, 0.2) is 0 Å². The third-order valence-electron chi connectivity index (χ3n) is 4.05. The fourth-order valence-electron chi connectivity index (χ4n) is 2.78. The molecule has 1 aliphatic rings. The lowest BCUT2D eigenvalue weighted by atomic mass is 10.0. The first kappa shape index (κ1) is 16.1. The molecule has 4 heteroatoms. The molecule has 22 heavy (non-hydrogen) atoms. The molecule has 1 aliphatic heterocycles. The van der Waals surface area contributed by atoms with E-state index >= 15 is 0 Å². The summed E-state index contributed by atoms with van der Waals surface area (Å²) in [6.07, 6.45) is 5.63. The Bertz CT molecular complexity index is 585. The van der Waals surface area contributed by atoms with Gasteiger partial charge in [-0.3, -0.25) is 4.79 Å². The van der Waals surface area contributed by atoms with Crippen LogP contribution < -0.4 is 5.32 Å². The number of nitriles is 1. The zero-order chi connectivity index (χ0) is 15.9. The number of anilines is 1. The normalized spacial score (nSPS) is 14.8. The van der Waals surface area contributed by atoms with Crippen LogP contribution in [0.1, 0.15) is 37.8 Å². The fourth-order valence-corrected chi connectivity index (χ4v) is 2.78. The van der Waals surface area contributed by atoms with Crippen molar-refractivity contribution in [1.29, 1.82) is 5.26 Å². The van der Waals surface area contributed by atoms with Crippen molar-refractivity contribution in [1.82, 2.24) is 4.90 Å². The van der Waals surface area contributed by atoms with E-state index in [-0.39, 0.29) is 11.5 Å². The van der Waals surface area contributed by atoms with E-state index in [1.165, 1.54) is 0 Å². The van der Waals surface area contributed by atoms with Gasteiger partial charge in [-0.05, 0) is 36.8 Å². The Morgan fingerprint density at radius 2 is 1.86 bits per heavy atom. The standard InChI is InChI=1S/C18H23N3O/c1-3-14-8-7-9-15(4-2)17(14)20-18(22)16(12-19)13-21-10-5-6-11-21/h7-9,13H,3-6,10-11H2,1-2H3,(H,20,22)/b16-13-. The Hall–Kier alpha value is -2.28. The number of aryl methyl sites for hydroxylation is 2. The summed E-state index contributed by atoms with van der Waals surface area (Å²) in [6.45, 7) is 5.97. The van der Waals surface area contributed by atoms with Gasteiger partial charge in [0.1, 0.15) is 11.6 Å². The predicted octanol–water partition coefficient (Wildman–Crippen LogP) is 3.25. The number of carbonyl (C=O) groups is 1. The third kappa shape index (κ3) is 3.67. The second-order valence-electron chi connectivity index (χ2n) is 5.51. The Morgan fingerprint density at radius 1 is 1.27 bits per heavy atom. The first-order valence-electron chi connectivity index (χ1n) is 7.97. The minimum atomic E-state index is -0.315. The highest BCUT2D eigenvalue weighted by Gasteiger charge is 2.16. The average molecular weight is 297 g/mol. The van der Waals surface area contributed by atoms with Gasteiger partial charge in [0, 0.05) is 25.0 Å². The Balaban J connectivity index is 2.22. The Labute approximate surface area is 132 Å². The average Bonchev–Trinajstić information content (AvgIpc) is 3.05. The van der Waals surface area contributed by atoms with Crippen LogP contribution in [0.2, 0.25) is 0 Å². The van der Waals surface area contributed by atoms with Gasteiger partial charge in [-0.25, -0.2) is 0 Å². The molecule has 0 saturated carbocycles. The summed E-state index contributed by atoms with van der Waals surface area (Å²) in [4.78, 5) is 14.5. The van der Waals surface area contributed by atoms with Crippen molar-refractivity contribution in [3.63, 3.8) is 0 Å². The van der Waals surface area contributed by atoms with Crippen LogP contribution in [0, 0.1) is 11.3 Å². The Morgan fingerprint density at radius 3 is 2.36 bits per heavy atom. The molecule has 1 saturated heterocycles. The van der Waals surface area contributed by atoms with E-state index in [2.05, 4.69) is 19.2 Å². The highest BCUT2D eigenvalue weighted by Crippen LogP contribution is 2.23. The van der Waals surface area contributed by atoms with Gasteiger partial charge >= 0.3 is 0 Å². The number of nitrogens with zero attached hydrogens (tertiary/aromatic N) is 2. The summed E-state index contributed by atoms with van der Waals surface area (Å²) in [5.41, 5.74) is 3.24. The van der Waals surface area contributed by atoms with Gasteiger partial charge in [0.25, 0.3) is 5.91 Å². The number of hydrogen-bond donors (Lipinski definition) is 1. The molecule has 1 amide bonds. The number of likely N-dealkylation sites (tertiary alicyclic amines) is 1. The lowest BCUT2D eigenvalue weighted by Gasteiger charge is -2.15. The molecule has 116 valence electrons. The first-order chi connectivity index (χ1) is 10.7. The number of nitrogens with one attached hydrogen (secondary N) is 1. The SMILES string of the molecule is CCc1cccc(CC)c1NC(=O)/C(C#N)=C\N1CCCC1. The maximum Gasteiger partial charge on any atom is 0.267 e. The quantitative estimate of drug-likeness (QED) is 0.670. The lowest BCUT2D eigenvalue weighted by molar-refractivity contribution is -0.112. The van der Waals surface area contributed by atoms with Gasteiger partial charge in [-0.2, -0.15) is 5.26 Å². The lowest BCUT2D eigenvalue weighted by Crippen LogP contribution is -2.20. The summed E-state index contributed by atoms with van der Waals surface area (Å²) >= 11 is 0. The summed E-state index contributed by atoms with van der Waals surface area (Å²) < 4.78 is 0. The van der Waals surface area contributed by atoms with E-state index in [9.17, 15) is 10.1 Å². The second kappa shape index (κ2) is 7.65. The fraction of sp³-hybridized carbons (Fsp3) is 0.444. The molecule has 1 fully saturated rings. The number of para-hydroxylation sites is 1. The van der Waals surface area contributed by atoms with E-state index in [1.54, 1.807) is 6.20 Å². The molecule has 0 aromatic heterocycles. The second-order valence-corrected chi connectivity index (χ2v) is 5.51. The van der Waals surface area contributed by atoms with Crippen LogP contribution in [0.25, 0.3) is 0 Å². The van der Waals surface area contributed by atoms with Crippen LogP contribution in [0.3, 0.4) is 0 Å². The summed E-state index contributed by atoms with van der Waals surface area (Å²) in [5, 5.41) is 12.2. The van der Waals surface area contributed by atoms with Crippen LogP contribution in [0.5, 0.6) is 0 Å². The van der Waals surface area contributed by atoms with Gasteiger partial charge in [-0.15, -0.1) is 0 Å². The minimum Gasteiger partial charge on any atom is -0.376 e. The van der Waals surface area contributed by atoms with Gasteiger partial charge in [0.2, 0.25) is 0 Å². The van der Waals surface area contributed by atoms with Crippen molar-refractivity contribution in [3.05, 3.63) is 41.1 Å². The smallest absolute Gasteiger partial charge is 0.267 e. The van der Waals surface area contributed by atoms with Gasteiger partial charge in [0.05, 0.1) is 0 Å². The largest absolute Gasteiger partial charge is 0.376 e. The zero-order valence-electron chi connectivity index (χ0n) is 13.4. The van der Waals surface area contributed by atoms with Crippen LogP contribution in [-0.4, -0.2) is 23.9 Å². The van der Waals surface area contributed by atoms with E-state index in [0.29, 0.717) is 0 Å². The third-order valence-corrected chi connectivity index (χ3v) is 4.05. The summed E-state index contributed by atoms with van der Waals surface area (Å²) in [6, 6.07) is 8.08. The minimum absolute atomic E-state index is 0.176. The molecule has 0 bridgehead atoms. The molecule has 0 unspecified atom stereocenters. The van der Waals surface area contributed by atoms with Crippen molar-refractivity contribution in [3.8, 4) is 6.07 Å². The van der Waals surface area contributed by atoms with Crippen molar-refractivity contribution in [2.45, 2.75) is 39.5 Å². The van der Waals surface area contributed by atoms with Crippen molar-refractivity contribution in [2.75, 3.05) is 18.4 Å². The molecule has 4 nitrogen and oxygen atoms in total. The molecule has 0 aliphatic carbocycles. The van der Waals surface area contributed by atoms with E-state index in [4.69, 9.17) is 0 Å². The van der Waals surface area contributed by atoms with Crippen LogP contribution in [0.15, 0.2) is 30.0 Å². The monoisotopic (exact) mass is 297 g/mol. The number of carbonyl (C=O) groups excluding carboxylic acids is 1. The highest BCUT2D eigenvalue weighted by molar-refractivity contribution is 6.07. The maximum atomic E-state index is 12.4. The maximum absolute atomic E-state index is 12.4. The van der Waals surface area contributed by atoms with E-state index < -0.39 is 0 Å². The molecule has 1 N–H and O–H groups in total. The van der Waals surface area contributed by atoms with Crippen LogP contribution in [0.4, 0.5) is 5.69 Å². The van der Waals surface area contributed by atoms with Crippen molar-refractivity contribution < 1.29 is 4.79 Å². The first-order valence-corrected chi connectivity index (χ1v) is 7.97. The number of benzene rings is 1. The van der Waals surface area contributed by atoms with Gasteiger partial charge in [-0.1, -0.05) is 32.0 Å². The highest BCUT2D eigenvalue weighted by atomic mass is 16.1. The molecular formula is C18H23N3O. The molecular weight excluding hydrogens is 274 g/mol. The van der Waals surface area contributed by atoms with E-state index in [0.717, 1.165) is 55.6 Å². The molecule has 0 atom stereocenters. The summed E-state index contributed by atoms with van der Waals surface area (Å²) in [7, 11) is 0. The number of hydrogen-bond acceptors (Lipinski definition) is 3. The van der Waals surface area contributed by atoms with Gasteiger partial charge < -0.3 is 10.2 Å². The number of amides is 1. The number of rotatable bonds is 5.